The minimum Gasteiger partial charge on any atom is -0.364 e. The predicted molar refractivity (Wildman–Crippen MR) is 84.1 cm³/mol. The summed E-state index contributed by atoms with van der Waals surface area (Å²) in [4.78, 5) is 2.63. The van der Waals surface area contributed by atoms with Crippen molar-refractivity contribution >= 4 is 5.69 Å². The summed E-state index contributed by atoms with van der Waals surface area (Å²) in [5, 5.41) is 3.49. The van der Waals surface area contributed by atoms with Crippen LogP contribution in [0.1, 0.15) is 45.2 Å². The molecule has 1 atom stereocenters. The number of anilines is 1. The molecule has 106 valence electrons. The van der Waals surface area contributed by atoms with Gasteiger partial charge in [0, 0.05) is 23.8 Å². The highest BCUT2D eigenvalue weighted by Crippen LogP contribution is 2.38. The van der Waals surface area contributed by atoms with Crippen molar-refractivity contribution in [3.8, 4) is 0 Å². The number of para-hydroxylation sites is 1. The van der Waals surface area contributed by atoms with Crippen LogP contribution in [0.2, 0.25) is 0 Å². The second-order valence-electron chi connectivity index (χ2n) is 6.07. The molecule has 1 N–H and O–H groups in total. The van der Waals surface area contributed by atoms with Gasteiger partial charge >= 0.3 is 0 Å². The van der Waals surface area contributed by atoms with E-state index in [0.717, 1.165) is 19.4 Å². The Morgan fingerprint density at radius 1 is 1.21 bits per heavy atom. The maximum absolute atomic E-state index is 3.49. The van der Waals surface area contributed by atoms with Gasteiger partial charge in [-0.15, -0.1) is 0 Å². The summed E-state index contributed by atoms with van der Waals surface area (Å²) in [6, 6.07) is 7.36. The highest BCUT2D eigenvalue weighted by molar-refractivity contribution is 5.62. The van der Waals surface area contributed by atoms with Gasteiger partial charge in [-0.3, -0.25) is 0 Å². The van der Waals surface area contributed by atoms with Crippen LogP contribution in [0.15, 0.2) is 18.2 Å². The van der Waals surface area contributed by atoms with Crippen molar-refractivity contribution in [1.82, 2.24) is 5.32 Å². The van der Waals surface area contributed by atoms with Crippen LogP contribution in [0, 0.1) is 0 Å². The van der Waals surface area contributed by atoms with Crippen molar-refractivity contribution in [3.63, 3.8) is 0 Å². The van der Waals surface area contributed by atoms with Crippen LogP contribution in [-0.2, 0) is 12.8 Å². The molecule has 1 aromatic rings. The quantitative estimate of drug-likeness (QED) is 0.892. The maximum atomic E-state index is 3.49. The molecule has 19 heavy (non-hydrogen) atoms. The average molecular weight is 260 g/mol. The molecule has 0 bridgehead atoms. The van der Waals surface area contributed by atoms with E-state index in [9.17, 15) is 0 Å². The molecule has 2 nitrogen and oxygen atoms in total. The van der Waals surface area contributed by atoms with Crippen LogP contribution in [0.25, 0.3) is 0 Å². The summed E-state index contributed by atoms with van der Waals surface area (Å²) in [5.74, 6) is 0. The Kier molecular flexibility index (Phi) is 4.19. The fourth-order valence-electron chi connectivity index (χ4n) is 3.55. The third-order valence-corrected chi connectivity index (χ3v) is 4.77. The Balaban J connectivity index is 2.47. The summed E-state index contributed by atoms with van der Waals surface area (Å²) in [6.07, 6.45) is 3.45. The average Bonchev–Trinajstić information content (AvgIpc) is 2.71. The second-order valence-corrected chi connectivity index (χ2v) is 6.07. The van der Waals surface area contributed by atoms with Gasteiger partial charge in [0.1, 0.15) is 0 Å². The van der Waals surface area contributed by atoms with E-state index >= 15 is 0 Å². The Morgan fingerprint density at radius 2 is 1.79 bits per heavy atom. The molecular formula is C17H28N2. The number of rotatable bonds is 4. The molecule has 0 aromatic heterocycles. The molecule has 1 unspecified atom stereocenters. The van der Waals surface area contributed by atoms with E-state index in [1.54, 1.807) is 0 Å². The van der Waals surface area contributed by atoms with Crippen molar-refractivity contribution in [2.45, 2.75) is 58.5 Å². The molecule has 0 spiro atoms. The molecule has 0 radical (unpaired) electrons. The van der Waals surface area contributed by atoms with Gasteiger partial charge in [-0.1, -0.05) is 32.0 Å². The largest absolute Gasteiger partial charge is 0.364 e. The van der Waals surface area contributed by atoms with Crippen LogP contribution in [0.3, 0.4) is 0 Å². The van der Waals surface area contributed by atoms with Crippen LogP contribution in [0.4, 0.5) is 5.69 Å². The van der Waals surface area contributed by atoms with Gasteiger partial charge in [-0.2, -0.15) is 0 Å². The molecule has 0 amide bonds. The fraction of sp³-hybridized carbons (Fsp3) is 0.647. The van der Waals surface area contributed by atoms with Crippen molar-refractivity contribution in [2.24, 2.45) is 0 Å². The first-order valence-electron chi connectivity index (χ1n) is 7.61. The second kappa shape index (κ2) is 5.54. The minimum atomic E-state index is 0.184. The number of nitrogens with one attached hydrogen (secondary N) is 1. The highest BCUT2D eigenvalue weighted by atomic mass is 15.3. The number of nitrogens with zero attached hydrogens (tertiary/aromatic N) is 1. The van der Waals surface area contributed by atoms with Gasteiger partial charge in [0.05, 0.1) is 0 Å². The molecule has 1 saturated heterocycles. The Labute approximate surface area is 118 Å². The summed E-state index contributed by atoms with van der Waals surface area (Å²) in [7, 11) is 2.09. The molecule has 2 heteroatoms. The Morgan fingerprint density at radius 3 is 2.21 bits per heavy atom. The number of hydrogen-bond donors (Lipinski definition) is 1. The molecule has 1 aliphatic rings. The van der Waals surface area contributed by atoms with E-state index in [0.29, 0.717) is 6.04 Å². The lowest BCUT2D eigenvalue weighted by Gasteiger charge is -2.39. The van der Waals surface area contributed by atoms with E-state index in [4.69, 9.17) is 0 Å². The van der Waals surface area contributed by atoms with E-state index in [1.165, 1.54) is 23.2 Å². The Hall–Kier alpha value is -1.02. The van der Waals surface area contributed by atoms with E-state index in [2.05, 4.69) is 63.2 Å². The van der Waals surface area contributed by atoms with Crippen molar-refractivity contribution in [1.29, 1.82) is 0 Å². The van der Waals surface area contributed by atoms with Gasteiger partial charge in [-0.05, 0) is 51.3 Å². The zero-order valence-corrected chi connectivity index (χ0v) is 13.1. The normalized spacial score (nSPS) is 21.9. The summed E-state index contributed by atoms with van der Waals surface area (Å²) in [6.45, 7) is 10.4. The number of aryl methyl sites for hydroxylation is 2. The lowest BCUT2D eigenvalue weighted by molar-refractivity contribution is 0.402. The highest BCUT2D eigenvalue weighted by Gasteiger charge is 2.41. The van der Waals surface area contributed by atoms with E-state index in [1.807, 2.05) is 0 Å². The molecule has 1 aromatic carbocycles. The number of likely N-dealkylation sites (N-methyl/N-ethyl adjacent to an activating group) is 1. The molecule has 0 saturated carbocycles. The van der Waals surface area contributed by atoms with E-state index in [-0.39, 0.29) is 5.54 Å². The predicted octanol–water partition coefficient (Wildman–Crippen LogP) is 3.39. The monoisotopic (exact) mass is 260 g/mol. The first kappa shape index (κ1) is 14.4. The van der Waals surface area contributed by atoms with Gasteiger partial charge < -0.3 is 10.2 Å². The van der Waals surface area contributed by atoms with Crippen molar-refractivity contribution in [2.75, 3.05) is 18.5 Å². The summed E-state index contributed by atoms with van der Waals surface area (Å²) < 4.78 is 0. The Bertz CT molecular complexity index is 415. The van der Waals surface area contributed by atoms with Crippen LogP contribution >= 0.6 is 0 Å². The SMILES string of the molecule is CCc1cccc(CC)c1N1CCC(NC)C1(C)C. The molecular weight excluding hydrogens is 232 g/mol. The minimum absolute atomic E-state index is 0.184. The molecule has 1 fully saturated rings. The molecule has 1 heterocycles. The third-order valence-electron chi connectivity index (χ3n) is 4.77. The van der Waals surface area contributed by atoms with Gasteiger partial charge in [0.2, 0.25) is 0 Å². The van der Waals surface area contributed by atoms with E-state index < -0.39 is 0 Å². The van der Waals surface area contributed by atoms with Crippen LogP contribution < -0.4 is 10.2 Å². The summed E-state index contributed by atoms with van der Waals surface area (Å²) >= 11 is 0. The lowest BCUT2D eigenvalue weighted by atomic mass is 9.93. The van der Waals surface area contributed by atoms with Gasteiger partial charge in [-0.25, -0.2) is 0 Å². The number of hydrogen-bond acceptors (Lipinski definition) is 2. The zero-order valence-electron chi connectivity index (χ0n) is 13.1. The van der Waals surface area contributed by atoms with Crippen molar-refractivity contribution < 1.29 is 0 Å². The standard InChI is InChI=1S/C17H28N2/c1-6-13-9-8-10-14(7-2)16(13)19-12-11-15(18-5)17(19,3)4/h8-10,15,18H,6-7,11-12H2,1-5H3. The number of benzene rings is 1. The zero-order chi connectivity index (χ0) is 14.0. The molecule has 1 aliphatic heterocycles. The van der Waals surface area contributed by atoms with Crippen LogP contribution in [-0.4, -0.2) is 25.2 Å². The maximum Gasteiger partial charge on any atom is 0.0499 e. The first-order chi connectivity index (χ1) is 9.06. The summed E-state index contributed by atoms with van der Waals surface area (Å²) in [5.41, 5.74) is 4.66. The third kappa shape index (κ3) is 2.38. The van der Waals surface area contributed by atoms with Crippen molar-refractivity contribution in [3.05, 3.63) is 29.3 Å². The topological polar surface area (TPSA) is 15.3 Å². The van der Waals surface area contributed by atoms with Crippen LogP contribution in [0.5, 0.6) is 0 Å². The van der Waals surface area contributed by atoms with Gasteiger partial charge in [0.25, 0.3) is 0 Å². The first-order valence-corrected chi connectivity index (χ1v) is 7.61. The fourth-order valence-corrected chi connectivity index (χ4v) is 3.55. The lowest BCUT2D eigenvalue weighted by Crippen LogP contribution is -2.50. The molecule has 0 aliphatic carbocycles. The molecule has 2 rings (SSSR count). The smallest absolute Gasteiger partial charge is 0.0499 e. The van der Waals surface area contributed by atoms with Gasteiger partial charge in [0.15, 0.2) is 0 Å².